The molecule has 3 N–H and O–H groups in total. The van der Waals surface area contributed by atoms with Crippen LogP contribution in [0.3, 0.4) is 0 Å². The van der Waals surface area contributed by atoms with Crippen LogP contribution in [0.5, 0.6) is 0 Å². The normalized spacial score (nSPS) is 21.9. The van der Waals surface area contributed by atoms with E-state index in [1.54, 1.807) is 6.20 Å². The van der Waals surface area contributed by atoms with Crippen LogP contribution in [0.4, 0.5) is 0 Å². The summed E-state index contributed by atoms with van der Waals surface area (Å²) in [5.74, 6) is 0.0926. The van der Waals surface area contributed by atoms with Crippen LogP contribution in [-0.2, 0) is 16.6 Å². The highest BCUT2D eigenvalue weighted by atomic mass is 32.2. The highest BCUT2D eigenvalue weighted by Crippen LogP contribution is 2.40. The fraction of sp³-hybridized carbons (Fsp3) is 0.312. The van der Waals surface area contributed by atoms with Gasteiger partial charge in [0.2, 0.25) is 5.91 Å². The van der Waals surface area contributed by atoms with Crippen molar-refractivity contribution in [2.75, 3.05) is 11.5 Å². The molecular weight excluding hydrogens is 388 g/mol. The van der Waals surface area contributed by atoms with Crippen LogP contribution in [0.25, 0.3) is 11.5 Å². The predicted octanol–water partition coefficient (Wildman–Crippen LogP) is 0.550. The van der Waals surface area contributed by atoms with Gasteiger partial charge < -0.3 is 15.4 Å². The molecule has 4 rings (SSSR count). The van der Waals surface area contributed by atoms with Gasteiger partial charge in [0.15, 0.2) is 11.0 Å². The molecule has 4 heterocycles. The number of carboxylic acid groups (broad SMARTS) is 1. The van der Waals surface area contributed by atoms with Crippen LogP contribution in [-0.4, -0.2) is 64.6 Å². The third-order valence-corrected chi connectivity index (χ3v) is 6.86. The Bertz CT molecular complexity index is 945. The molecule has 1 saturated heterocycles. The number of carbonyl (C=O) groups excluding carboxylic acids is 1. The van der Waals surface area contributed by atoms with Crippen LogP contribution in [0.1, 0.15) is 0 Å². The summed E-state index contributed by atoms with van der Waals surface area (Å²) in [5, 5.41) is 18.3. The van der Waals surface area contributed by atoms with Crippen LogP contribution in [0.15, 0.2) is 40.8 Å². The molecule has 2 atom stereocenters. The van der Waals surface area contributed by atoms with E-state index in [1.807, 2.05) is 29.8 Å². The number of carboxylic acids is 1. The van der Waals surface area contributed by atoms with Crippen molar-refractivity contribution in [3.8, 4) is 11.5 Å². The molecule has 0 aromatic carbocycles. The third kappa shape index (κ3) is 3.01. The van der Waals surface area contributed by atoms with Gasteiger partial charge in [0.05, 0.1) is 0 Å². The number of aliphatic carboxylic acids is 1. The van der Waals surface area contributed by atoms with Gasteiger partial charge in [-0.1, -0.05) is 17.8 Å². The molecule has 0 bridgehead atoms. The van der Waals surface area contributed by atoms with Crippen LogP contribution < -0.4 is 5.73 Å². The lowest BCUT2D eigenvalue weighted by Crippen LogP contribution is -2.68. The molecule has 2 aliphatic rings. The lowest BCUT2D eigenvalue weighted by atomic mass is 10.0. The molecule has 0 aliphatic carbocycles. The Morgan fingerprint density at radius 1 is 1.44 bits per heavy atom. The Balaban J connectivity index is 1.56. The van der Waals surface area contributed by atoms with E-state index in [1.165, 1.54) is 28.4 Å². The Kier molecular flexibility index (Phi) is 4.66. The molecule has 1 unspecified atom stereocenters. The summed E-state index contributed by atoms with van der Waals surface area (Å²) >= 11 is 2.87. The fourth-order valence-electron chi connectivity index (χ4n) is 3.00. The molecule has 140 valence electrons. The van der Waals surface area contributed by atoms with Crippen molar-refractivity contribution in [1.82, 2.24) is 24.6 Å². The second kappa shape index (κ2) is 6.98. The first kappa shape index (κ1) is 18.0. The van der Waals surface area contributed by atoms with Crippen molar-refractivity contribution in [3.63, 3.8) is 0 Å². The molecular formula is C16H16N6O3S2. The number of hydrogen-bond donors (Lipinski definition) is 2. The summed E-state index contributed by atoms with van der Waals surface area (Å²) in [5.41, 5.74) is 7.20. The number of amides is 1. The van der Waals surface area contributed by atoms with Crippen LogP contribution in [0.2, 0.25) is 0 Å². The average Bonchev–Trinajstić information content (AvgIpc) is 3.05. The second-order valence-electron chi connectivity index (χ2n) is 6.06. The van der Waals surface area contributed by atoms with Crippen molar-refractivity contribution in [2.45, 2.75) is 16.6 Å². The quantitative estimate of drug-likeness (QED) is 0.542. The monoisotopic (exact) mass is 404 g/mol. The van der Waals surface area contributed by atoms with Gasteiger partial charge in [-0.25, -0.2) is 4.79 Å². The molecule has 2 aromatic heterocycles. The first-order valence-corrected chi connectivity index (χ1v) is 10.1. The van der Waals surface area contributed by atoms with Crippen LogP contribution >= 0.6 is 23.5 Å². The van der Waals surface area contributed by atoms with Crippen molar-refractivity contribution in [3.05, 3.63) is 35.7 Å². The molecule has 0 saturated carbocycles. The van der Waals surface area contributed by atoms with Gasteiger partial charge in [-0.3, -0.25) is 14.7 Å². The topological polar surface area (TPSA) is 127 Å². The number of rotatable bonds is 5. The highest BCUT2D eigenvalue weighted by molar-refractivity contribution is 8.01. The first-order valence-electron chi connectivity index (χ1n) is 8.08. The van der Waals surface area contributed by atoms with Crippen LogP contribution in [0, 0.1) is 0 Å². The molecule has 0 spiro atoms. The number of β-lactam (4-membered cyclic amide) rings is 1. The second-order valence-corrected chi connectivity index (χ2v) is 8.11. The maximum absolute atomic E-state index is 12.0. The predicted molar refractivity (Wildman–Crippen MR) is 101 cm³/mol. The van der Waals surface area contributed by atoms with E-state index in [2.05, 4.69) is 15.2 Å². The zero-order chi connectivity index (χ0) is 19.1. The molecule has 27 heavy (non-hydrogen) atoms. The number of nitrogens with zero attached hydrogens (tertiary/aromatic N) is 5. The molecule has 2 aliphatic heterocycles. The van der Waals surface area contributed by atoms with Gasteiger partial charge >= 0.3 is 5.97 Å². The van der Waals surface area contributed by atoms with E-state index in [4.69, 9.17) is 5.73 Å². The van der Waals surface area contributed by atoms with Crippen molar-refractivity contribution >= 4 is 35.4 Å². The van der Waals surface area contributed by atoms with Gasteiger partial charge in [0, 0.05) is 24.8 Å². The molecule has 0 radical (unpaired) electrons. The SMILES string of the molecule is Cn1c(SCC2=C(C(=O)O)N3C(=O)[C@@H](N)C3SC2)nnc1-c1ccccn1. The van der Waals surface area contributed by atoms with Crippen molar-refractivity contribution < 1.29 is 14.7 Å². The first-order chi connectivity index (χ1) is 13.0. The lowest BCUT2D eigenvalue weighted by molar-refractivity contribution is -0.147. The van der Waals surface area contributed by atoms with Gasteiger partial charge in [-0.05, 0) is 17.7 Å². The summed E-state index contributed by atoms with van der Waals surface area (Å²) in [7, 11) is 1.84. The molecule has 2 aromatic rings. The zero-order valence-electron chi connectivity index (χ0n) is 14.3. The standard InChI is InChI=1S/C16H16N6O3S2/c1-21-12(9-4-2-3-5-18-9)19-20-16(21)27-7-8-6-26-14-10(17)13(23)22(14)11(8)15(24)25/h2-5,10,14H,6-7,17H2,1H3,(H,24,25)/t10-,14?/m1/s1. The summed E-state index contributed by atoms with van der Waals surface area (Å²) < 4.78 is 1.82. The van der Waals surface area contributed by atoms with Gasteiger partial charge in [0.25, 0.3) is 0 Å². The van der Waals surface area contributed by atoms with E-state index in [-0.39, 0.29) is 17.0 Å². The van der Waals surface area contributed by atoms with E-state index in [9.17, 15) is 14.7 Å². The van der Waals surface area contributed by atoms with E-state index < -0.39 is 12.0 Å². The highest BCUT2D eigenvalue weighted by Gasteiger charge is 2.51. The Labute approximate surface area is 163 Å². The summed E-state index contributed by atoms with van der Waals surface area (Å²) in [6.07, 6.45) is 1.69. The molecule has 11 heteroatoms. The Morgan fingerprint density at radius 3 is 2.96 bits per heavy atom. The number of fused-ring (bicyclic) bond motifs is 1. The van der Waals surface area contributed by atoms with E-state index in [0.29, 0.717) is 33.8 Å². The van der Waals surface area contributed by atoms with Gasteiger partial charge in [-0.2, -0.15) is 0 Å². The smallest absolute Gasteiger partial charge is 0.352 e. The number of nitrogens with two attached hydrogens (primary N) is 1. The minimum atomic E-state index is -1.11. The van der Waals surface area contributed by atoms with Crippen molar-refractivity contribution in [2.24, 2.45) is 12.8 Å². The fourth-order valence-corrected chi connectivity index (χ4v) is 5.34. The number of hydrogen-bond acceptors (Lipinski definition) is 8. The molecule has 1 amide bonds. The Hall–Kier alpha value is -2.37. The maximum Gasteiger partial charge on any atom is 0.352 e. The van der Waals surface area contributed by atoms with E-state index in [0.717, 1.165) is 0 Å². The minimum absolute atomic E-state index is 0.0464. The third-order valence-electron chi connectivity index (χ3n) is 4.40. The zero-order valence-corrected chi connectivity index (χ0v) is 15.9. The lowest BCUT2D eigenvalue weighted by Gasteiger charge is -2.48. The van der Waals surface area contributed by atoms with Gasteiger partial charge in [-0.15, -0.1) is 22.0 Å². The maximum atomic E-state index is 12.0. The average molecular weight is 404 g/mol. The summed E-state index contributed by atoms with van der Waals surface area (Å²) in [6.45, 7) is 0. The number of aromatic nitrogens is 4. The largest absolute Gasteiger partial charge is 0.477 e. The van der Waals surface area contributed by atoms with E-state index >= 15 is 0 Å². The minimum Gasteiger partial charge on any atom is -0.477 e. The number of thioether (sulfide) groups is 2. The van der Waals surface area contributed by atoms with Gasteiger partial charge in [0.1, 0.15) is 22.8 Å². The number of pyridine rings is 1. The summed E-state index contributed by atoms with van der Waals surface area (Å²) in [6, 6.07) is 4.92. The molecule has 1 fully saturated rings. The molecule has 9 nitrogen and oxygen atoms in total. The number of carbonyl (C=O) groups is 2. The summed E-state index contributed by atoms with van der Waals surface area (Å²) in [4.78, 5) is 29.3. The Morgan fingerprint density at radius 2 is 2.26 bits per heavy atom. The van der Waals surface area contributed by atoms with Crippen molar-refractivity contribution in [1.29, 1.82) is 0 Å².